The minimum atomic E-state index is -0.985. The number of nitrogens with zero attached hydrogens (tertiary/aromatic N) is 1. The van der Waals surface area contributed by atoms with Crippen molar-refractivity contribution in [1.29, 1.82) is 0 Å². The summed E-state index contributed by atoms with van der Waals surface area (Å²) in [5, 5.41) is 9.30. The molecule has 1 amide bonds. The molecule has 40 heavy (non-hydrogen) atoms. The van der Waals surface area contributed by atoms with Gasteiger partial charge in [-0.2, -0.15) is 0 Å². The summed E-state index contributed by atoms with van der Waals surface area (Å²) < 4.78 is 22.2. The van der Waals surface area contributed by atoms with Crippen LogP contribution in [0.1, 0.15) is 25.3 Å². The van der Waals surface area contributed by atoms with E-state index in [0.717, 1.165) is 24.2 Å². The third kappa shape index (κ3) is 10.5. The van der Waals surface area contributed by atoms with Crippen LogP contribution < -0.4 is 14.2 Å². The molecule has 0 heterocycles. The smallest absolute Gasteiger partial charge is 0.415 e. The Labute approximate surface area is 240 Å². The molecule has 0 bridgehead atoms. The van der Waals surface area contributed by atoms with E-state index in [4.69, 9.17) is 18.9 Å². The van der Waals surface area contributed by atoms with Gasteiger partial charge in [-0.05, 0) is 67.5 Å². The quantitative estimate of drug-likeness (QED) is 0.153. The fourth-order valence-electron chi connectivity index (χ4n) is 3.90. The molecule has 0 radical (unpaired) electrons. The highest BCUT2D eigenvalue weighted by molar-refractivity contribution is 7.99. The van der Waals surface area contributed by atoms with Crippen LogP contribution in [0.25, 0.3) is 0 Å². The van der Waals surface area contributed by atoms with Gasteiger partial charge in [0.2, 0.25) is 0 Å². The molecular formula is C31H37NO7S. The van der Waals surface area contributed by atoms with Crippen molar-refractivity contribution in [2.75, 3.05) is 39.2 Å². The predicted molar refractivity (Wildman–Crippen MR) is 156 cm³/mol. The lowest BCUT2D eigenvalue weighted by molar-refractivity contribution is -0.149. The van der Waals surface area contributed by atoms with E-state index >= 15 is 0 Å². The molecule has 8 nitrogen and oxygen atoms in total. The van der Waals surface area contributed by atoms with Crippen LogP contribution in [0.4, 0.5) is 4.79 Å². The van der Waals surface area contributed by atoms with Crippen LogP contribution in [-0.2, 0) is 16.0 Å². The summed E-state index contributed by atoms with van der Waals surface area (Å²) in [5.74, 6) is 1.45. The molecule has 3 aromatic rings. The average molecular weight is 568 g/mol. The van der Waals surface area contributed by atoms with Crippen LogP contribution in [0.15, 0.2) is 83.8 Å². The second kappa shape index (κ2) is 17.1. The Hall–Kier alpha value is -3.69. The number of benzene rings is 3. The molecule has 3 rings (SSSR count). The van der Waals surface area contributed by atoms with Crippen LogP contribution in [0.5, 0.6) is 17.2 Å². The van der Waals surface area contributed by atoms with Gasteiger partial charge in [0.1, 0.15) is 12.4 Å². The molecule has 9 heteroatoms. The van der Waals surface area contributed by atoms with Gasteiger partial charge in [0.25, 0.3) is 0 Å². The number of carboxylic acids is 1. The van der Waals surface area contributed by atoms with Gasteiger partial charge in [-0.15, -0.1) is 11.8 Å². The Morgan fingerprint density at radius 1 is 0.900 bits per heavy atom. The molecule has 0 fully saturated rings. The van der Waals surface area contributed by atoms with Crippen molar-refractivity contribution in [3.05, 3.63) is 84.4 Å². The van der Waals surface area contributed by atoms with Gasteiger partial charge in [0, 0.05) is 24.5 Å². The van der Waals surface area contributed by atoms with E-state index in [1.807, 2.05) is 36.4 Å². The highest BCUT2D eigenvalue weighted by Gasteiger charge is 2.19. The molecule has 0 spiro atoms. The molecule has 0 aliphatic carbocycles. The summed E-state index contributed by atoms with van der Waals surface area (Å²) in [6.07, 6.45) is 0.689. The predicted octanol–water partition coefficient (Wildman–Crippen LogP) is 6.18. The number of carbonyl (C=O) groups excluding carboxylic acids is 1. The van der Waals surface area contributed by atoms with Gasteiger partial charge < -0.3 is 29.0 Å². The van der Waals surface area contributed by atoms with Crippen molar-refractivity contribution >= 4 is 23.8 Å². The number of carbonyl (C=O) groups is 2. The number of amides is 1. The number of hydrogen-bond acceptors (Lipinski definition) is 7. The highest BCUT2D eigenvalue weighted by atomic mass is 32.2. The van der Waals surface area contributed by atoms with Crippen LogP contribution in [0, 0.1) is 0 Å². The van der Waals surface area contributed by atoms with Gasteiger partial charge in [0.15, 0.2) is 17.6 Å². The molecule has 1 unspecified atom stereocenters. The van der Waals surface area contributed by atoms with Gasteiger partial charge in [-0.1, -0.05) is 42.5 Å². The second-order valence-corrected chi connectivity index (χ2v) is 10.0. The van der Waals surface area contributed by atoms with Gasteiger partial charge in [-0.3, -0.25) is 0 Å². The lowest BCUT2D eigenvalue weighted by Gasteiger charge is -2.22. The molecular weight excluding hydrogens is 530 g/mol. The van der Waals surface area contributed by atoms with Crippen LogP contribution in [-0.4, -0.2) is 67.3 Å². The Bertz CT molecular complexity index is 1170. The maximum atomic E-state index is 13.1. The number of carboxylic acid groups (broad SMARTS) is 1. The lowest BCUT2D eigenvalue weighted by atomic mass is 10.1. The monoisotopic (exact) mass is 567 g/mol. The maximum absolute atomic E-state index is 13.1. The SMILES string of the molecule is CCOC(Cc1ccc(OCCN(CCCCSc2ccccc2)C(=O)Oc2ccccc2OC)cc1)C(=O)O. The molecule has 1 N–H and O–H groups in total. The zero-order valence-electron chi connectivity index (χ0n) is 23.0. The lowest BCUT2D eigenvalue weighted by Crippen LogP contribution is -2.37. The third-order valence-electron chi connectivity index (χ3n) is 5.98. The Kier molecular flexibility index (Phi) is 13.2. The Balaban J connectivity index is 1.54. The van der Waals surface area contributed by atoms with E-state index in [1.165, 1.54) is 12.0 Å². The standard InChI is InChI=1S/C31H37NO7S/c1-3-37-29(30(33)34)23-24-15-17-25(18-16-24)38-21-20-32(19-9-10-22-40-26-11-5-4-6-12-26)31(35)39-28-14-8-7-13-27(28)36-2/h4-8,11-18,29H,3,9-10,19-23H2,1-2H3,(H,33,34). The van der Waals surface area contributed by atoms with Crippen molar-refractivity contribution in [3.63, 3.8) is 0 Å². The van der Waals surface area contributed by atoms with Crippen molar-refractivity contribution in [2.45, 2.75) is 37.2 Å². The van der Waals surface area contributed by atoms with Gasteiger partial charge >= 0.3 is 12.1 Å². The first-order valence-electron chi connectivity index (χ1n) is 13.3. The second-order valence-electron chi connectivity index (χ2n) is 8.85. The number of para-hydroxylation sites is 2. The zero-order valence-corrected chi connectivity index (χ0v) is 23.8. The van der Waals surface area contributed by atoms with Crippen LogP contribution >= 0.6 is 11.8 Å². The number of unbranched alkanes of at least 4 members (excludes halogenated alkanes) is 1. The molecule has 0 aliphatic rings. The number of ether oxygens (including phenoxy) is 4. The summed E-state index contributed by atoms with van der Waals surface area (Å²) in [6.45, 7) is 3.24. The molecule has 0 aliphatic heterocycles. The largest absolute Gasteiger partial charge is 0.493 e. The first-order chi connectivity index (χ1) is 19.5. The van der Waals surface area contributed by atoms with Crippen molar-refractivity contribution in [2.24, 2.45) is 0 Å². The van der Waals surface area contributed by atoms with Crippen LogP contribution in [0.3, 0.4) is 0 Å². The minimum absolute atomic E-state index is 0.272. The zero-order chi connectivity index (χ0) is 28.6. The maximum Gasteiger partial charge on any atom is 0.415 e. The van der Waals surface area contributed by atoms with E-state index in [0.29, 0.717) is 36.9 Å². The fraction of sp³-hybridized carbons (Fsp3) is 0.355. The Morgan fingerprint density at radius 3 is 2.27 bits per heavy atom. The van der Waals surface area contributed by atoms with Gasteiger partial charge in [0.05, 0.1) is 13.7 Å². The summed E-state index contributed by atoms with van der Waals surface area (Å²) in [4.78, 5) is 27.3. The van der Waals surface area contributed by atoms with Crippen LogP contribution in [0.2, 0.25) is 0 Å². The van der Waals surface area contributed by atoms with E-state index < -0.39 is 18.2 Å². The van der Waals surface area contributed by atoms with Gasteiger partial charge in [-0.25, -0.2) is 9.59 Å². The summed E-state index contributed by atoms with van der Waals surface area (Å²) in [6, 6.07) is 24.5. The molecule has 3 aromatic carbocycles. The third-order valence-corrected chi connectivity index (χ3v) is 7.07. The van der Waals surface area contributed by atoms with E-state index in [2.05, 4.69) is 12.1 Å². The average Bonchev–Trinajstić information content (AvgIpc) is 2.97. The molecule has 0 aromatic heterocycles. The molecule has 0 saturated heterocycles. The van der Waals surface area contributed by atoms with Crippen molar-refractivity contribution < 1.29 is 33.6 Å². The molecule has 214 valence electrons. The van der Waals surface area contributed by atoms with Crippen molar-refractivity contribution in [3.8, 4) is 17.2 Å². The Morgan fingerprint density at radius 2 is 1.60 bits per heavy atom. The number of rotatable bonds is 17. The normalized spacial score (nSPS) is 11.4. The van der Waals surface area contributed by atoms with E-state index in [9.17, 15) is 14.7 Å². The topological polar surface area (TPSA) is 94.5 Å². The minimum Gasteiger partial charge on any atom is -0.493 e. The van der Waals surface area contributed by atoms with Crippen molar-refractivity contribution in [1.82, 2.24) is 4.90 Å². The first-order valence-corrected chi connectivity index (χ1v) is 14.3. The highest BCUT2D eigenvalue weighted by Crippen LogP contribution is 2.26. The number of thioether (sulfide) groups is 1. The number of aliphatic carboxylic acids is 1. The summed E-state index contributed by atoms with van der Waals surface area (Å²) in [7, 11) is 1.53. The fourth-order valence-corrected chi connectivity index (χ4v) is 4.83. The number of methoxy groups -OCH3 is 1. The summed E-state index contributed by atoms with van der Waals surface area (Å²) in [5.41, 5.74) is 0.837. The molecule has 0 saturated carbocycles. The van der Waals surface area contributed by atoms with E-state index in [-0.39, 0.29) is 13.0 Å². The summed E-state index contributed by atoms with van der Waals surface area (Å²) >= 11 is 1.80. The van der Waals surface area contributed by atoms with E-state index in [1.54, 1.807) is 53.9 Å². The molecule has 1 atom stereocenters. The first kappa shape index (κ1) is 30.8. The number of hydrogen-bond donors (Lipinski definition) is 1.